The predicted molar refractivity (Wildman–Crippen MR) is 90.9 cm³/mol. The summed E-state index contributed by atoms with van der Waals surface area (Å²) in [4.78, 5) is 0. The molecule has 2 aromatic carbocycles. The molecule has 0 amide bonds. The van der Waals surface area contributed by atoms with Crippen molar-refractivity contribution in [3.05, 3.63) is 41.5 Å². The lowest BCUT2D eigenvalue weighted by atomic mass is 10.0. The summed E-state index contributed by atoms with van der Waals surface area (Å²) in [6.45, 7) is 0. The molecule has 0 heterocycles. The molecular weight excluding hydrogens is 294 g/mol. The molecule has 0 saturated carbocycles. The van der Waals surface area contributed by atoms with E-state index in [0.717, 1.165) is 24.0 Å². The molecule has 0 radical (unpaired) electrons. The fourth-order valence-corrected chi connectivity index (χ4v) is 2.51. The van der Waals surface area contributed by atoms with Gasteiger partial charge in [0.25, 0.3) is 0 Å². The molecule has 5 heteroatoms. The molecule has 0 saturated heterocycles. The number of nitrogen functional groups attached to an aromatic ring is 1. The third-order valence-electron chi connectivity index (χ3n) is 3.72. The van der Waals surface area contributed by atoms with Gasteiger partial charge in [0.15, 0.2) is 11.5 Å². The van der Waals surface area contributed by atoms with E-state index in [-0.39, 0.29) is 0 Å². The maximum Gasteiger partial charge on any atom is 0.203 e. The Morgan fingerprint density at radius 2 is 1.26 bits per heavy atom. The van der Waals surface area contributed by atoms with Crippen molar-refractivity contribution >= 4 is 5.69 Å². The smallest absolute Gasteiger partial charge is 0.203 e. The fourth-order valence-electron chi connectivity index (χ4n) is 2.51. The van der Waals surface area contributed by atoms with Crippen LogP contribution in [0.5, 0.6) is 23.0 Å². The lowest BCUT2D eigenvalue weighted by molar-refractivity contribution is 0.324. The van der Waals surface area contributed by atoms with E-state index in [1.807, 2.05) is 30.3 Å². The number of hydrogen-bond acceptors (Lipinski definition) is 5. The topological polar surface area (TPSA) is 62.9 Å². The van der Waals surface area contributed by atoms with Crippen molar-refractivity contribution in [1.29, 1.82) is 0 Å². The van der Waals surface area contributed by atoms with Crippen LogP contribution in [-0.4, -0.2) is 28.4 Å². The Hall–Kier alpha value is -2.56. The molecule has 0 fully saturated rings. The maximum absolute atomic E-state index is 5.95. The molecule has 0 aromatic heterocycles. The molecular formula is C18H23NO4. The second kappa shape index (κ2) is 7.63. The minimum absolute atomic E-state index is 0.604. The summed E-state index contributed by atoms with van der Waals surface area (Å²) in [6, 6.07) is 9.78. The van der Waals surface area contributed by atoms with Crippen LogP contribution in [-0.2, 0) is 12.8 Å². The minimum atomic E-state index is 0.604. The van der Waals surface area contributed by atoms with E-state index in [1.165, 1.54) is 0 Å². The summed E-state index contributed by atoms with van der Waals surface area (Å²) < 4.78 is 21.3. The molecule has 0 aliphatic heterocycles. The van der Waals surface area contributed by atoms with Crippen LogP contribution in [0.15, 0.2) is 30.3 Å². The first-order valence-corrected chi connectivity index (χ1v) is 7.34. The largest absolute Gasteiger partial charge is 0.495 e. The predicted octanol–water partition coefficient (Wildman–Crippen LogP) is 3.09. The number of benzene rings is 2. The number of ether oxygens (including phenoxy) is 4. The monoisotopic (exact) mass is 317 g/mol. The van der Waals surface area contributed by atoms with Gasteiger partial charge in [0.05, 0.1) is 34.1 Å². The van der Waals surface area contributed by atoms with Crippen LogP contribution in [0.1, 0.15) is 11.1 Å². The van der Waals surface area contributed by atoms with Crippen LogP contribution in [0.3, 0.4) is 0 Å². The van der Waals surface area contributed by atoms with Crippen molar-refractivity contribution in [3.63, 3.8) is 0 Å². The average molecular weight is 317 g/mol. The Bertz CT molecular complexity index is 645. The number of aryl methyl sites for hydroxylation is 2. The van der Waals surface area contributed by atoms with E-state index >= 15 is 0 Å². The number of rotatable bonds is 7. The summed E-state index contributed by atoms with van der Waals surface area (Å²) in [5, 5.41) is 0. The zero-order valence-corrected chi connectivity index (χ0v) is 14.0. The number of methoxy groups -OCH3 is 4. The molecule has 0 aliphatic rings. The van der Waals surface area contributed by atoms with Gasteiger partial charge in [-0.3, -0.25) is 0 Å². The van der Waals surface area contributed by atoms with E-state index in [1.54, 1.807) is 28.4 Å². The molecule has 124 valence electrons. The number of nitrogens with two attached hydrogens (primary N) is 1. The van der Waals surface area contributed by atoms with Crippen LogP contribution in [0.4, 0.5) is 5.69 Å². The third-order valence-corrected chi connectivity index (χ3v) is 3.72. The van der Waals surface area contributed by atoms with Crippen LogP contribution in [0.25, 0.3) is 0 Å². The SMILES string of the molecule is COc1ccc(CCc2cc(OC)c(OC)c(OC)c2)cc1N. The van der Waals surface area contributed by atoms with Crippen LogP contribution < -0.4 is 24.7 Å². The van der Waals surface area contributed by atoms with Crippen molar-refractivity contribution in [1.82, 2.24) is 0 Å². The van der Waals surface area contributed by atoms with Gasteiger partial charge in [0.2, 0.25) is 5.75 Å². The molecule has 0 spiro atoms. The highest BCUT2D eigenvalue weighted by molar-refractivity contribution is 5.55. The molecule has 23 heavy (non-hydrogen) atoms. The van der Waals surface area contributed by atoms with Gasteiger partial charge in [0, 0.05) is 0 Å². The molecule has 2 aromatic rings. The average Bonchev–Trinajstić information content (AvgIpc) is 2.58. The molecule has 2 N–H and O–H groups in total. The third kappa shape index (κ3) is 3.80. The van der Waals surface area contributed by atoms with Gasteiger partial charge in [0.1, 0.15) is 5.75 Å². The van der Waals surface area contributed by atoms with Gasteiger partial charge in [-0.15, -0.1) is 0 Å². The van der Waals surface area contributed by atoms with E-state index in [4.69, 9.17) is 24.7 Å². The number of anilines is 1. The van der Waals surface area contributed by atoms with Crippen LogP contribution in [0, 0.1) is 0 Å². The second-order valence-corrected chi connectivity index (χ2v) is 5.11. The Kier molecular flexibility index (Phi) is 5.57. The zero-order chi connectivity index (χ0) is 16.8. The van der Waals surface area contributed by atoms with E-state index < -0.39 is 0 Å². The Morgan fingerprint density at radius 1 is 0.696 bits per heavy atom. The van der Waals surface area contributed by atoms with Crippen LogP contribution in [0.2, 0.25) is 0 Å². The lowest BCUT2D eigenvalue weighted by Gasteiger charge is -2.14. The van der Waals surface area contributed by atoms with Crippen molar-refractivity contribution in [3.8, 4) is 23.0 Å². The highest BCUT2D eigenvalue weighted by atomic mass is 16.5. The van der Waals surface area contributed by atoms with Gasteiger partial charge in [-0.2, -0.15) is 0 Å². The molecule has 5 nitrogen and oxygen atoms in total. The maximum atomic E-state index is 5.95. The summed E-state index contributed by atoms with van der Waals surface area (Å²) >= 11 is 0. The quantitative estimate of drug-likeness (QED) is 0.795. The van der Waals surface area contributed by atoms with Crippen molar-refractivity contribution in [2.75, 3.05) is 34.2 Å². The van der Waals surface area contributed by atoms with Gasteiger partial charge in [-0.05, 0) is 48.2 Å². The lowest BCUT2D eigenvalue weighted by Crippen LogP contribution is -1.99. The zero-order valence-electron chi connectivity index (χ0n) is 14.0. The van der Waals surface area contributed by atoms with Crippen molar-refractivity contribution < 1.29 is 18.9 Å². The Labute approximate surface area is 136 Å². The molecule has 2 rings (SSSR count). The second-order valence-electron chi connectivity index (χ2n) is 5.11. The summed E-state index contributed by atoms with van der Waals surface area (Å²) in [6.07, 6.45) is 1.69. The first-order chi connectivity index (χ1) is 11.1. The van der Waals surface area contributed by atoms with E-state index in [2.05, 4.69) is 0 Å². The molecule has 0 aliphatic carbocycles. The standard InChI is InChI=1S/C18H23NO4/c1-20-15-8-7-12(9-14(15)19)5-6-13-10-16(21-2)18(23-4)17(11-13)22-3/h7-11H,5-6,19H2,1-4H3. The number of hydrogen-bond donors (Lipinski definition) is 1. The molecule has 0 unspecified atom stereocenters. The summed E-state index contributed by atoms with van der Waals surface area (Å²) in [5.41, 5.74) is 8.85. The van der Waals surface area contributed by atoms with Crippen molar-refractivity contribution in [2.45, 2.75) is 12.8 Å². The minimum Gasteiger partial charge on any atom is -0.495 e. The first-order valence-electron chi connectivity index (χ1n) is 7.34. The summed E-state index contributed by atoms with van der Waals surface area (Å²) in [7, 11) is 6.44. The highest BCUT2D eigenvalue weighted by Crippen LogP contribution is 2.38. The Morgan fingerprint density at radius 3 is 1.74 bits per heavy atom. The van der Waals surface area contributed by atoms with Crippen molar-refractivity contribution in [2.24, 2.45) is 0 Å². The normalized spacial score (nSPS) is 10.3. The van der Waals surface area contributed by atoms with E-state index in [9.17, 15) is 0 Å². The molecule has 0 bridgehead atoms. The summed E-state index contributed by atoms with van der Waals surface area (Å²) in [5.74, 6) is 2.63. The Balaban J connectivity index is 2.18. The molecule has 0 atom stereocenters. The fraction of sp³-hybridized carbons (Fsp3) is 0.333. The first kappa shape index (κ1) is 16.8. The van der Waals surface area contributed by atoms with Gasteiger partial charge in [-0.1, -0.05) is 6.07 Å². The van der Waals surface area contributed by atoms with Gasteiger partial charge < -0.3 is 24.7 Å². The van der Waals surface area contributed by atoms with Crippen LogP contribution >= 0.6 is 0 Å². The van der Waals surface area contributed by atoms with Gasteiger partial charge in [-0.25, -0.2) is 0 Å². The van der Waals surface area contributed by atoms with Gasteiger partial charge >= 0.3 is 0 Å². The van der Waals surface area contributed by atoms with E-state index in [0.29, 0.717) is 28.7 Å². The highest BCUT2D eigenvalue weighted by Gasteiger charge is 2.13.